The zero-order valence-electron chi connectivity index (χ0n) is 22.8. The van der Waals surface area contributed by atoms with Crippen molar-refractivity contribution in [2.45, 2.75) is 73.5 Å². The van der Waals surface area contributed by atoms with Gasteiger partial charge in [0.1, 0.15) is 0 Å². The molecule has 0 spiro atoms. The predicted octanol–water partition coefficient (Wildman–Crippen LogP) is 5.21. The van der Waals surface area contributed by atoms with Crippen LogP contribution in [-0.2, 0) is 27.4 Å². The van der Waals surface area contributed by atoms with Crippen molar-refractivity contribution in [1.82, 2.24) is 14.4 Å². The Hall–Kier alpha value is -2.60. The largest absolute Gasteiger partial charge is 0.383 e. The fraction of sp³-hybridized carbons (Fsp3) is 0.586. The minimum Gasteiger partial charge on any atom is -0.383 e. The van der Waals surface area contributed by atoms with E-state index in [-0.39, 0.29) is 35.7 Å². The molecule has 0 saturated heterocycles. The first kappa shape index (κ1) is 28.6. The Morgan fingerprint density at radius 1 is 1.00 bits per heavy atom. The van der Waals surface area contributed by atoms with Crippen LogP contribution in [0, 0.1) is 11.3 Å². The molecule has 0 N–H and O–H groups in total. The molecule has 6 nitrogen and oxygen atoms in total. The smallest absolute Gasteiger partial charge is 0.242 e. The van der Waals surface area contributed by atoms with Gasteiger partial charge < -0.3 is 19.1 Å². The molecule has 2 rings (SSSR count). The second-order valence-corrected chi connectivity index (χ2v) is 11.1. The lowest BCUT2D eigenvalue weighted by molar-refractivity contribution is -0.143. The summed E-state index contributed by atoms with van der Waals surface area (Å²) < 4.78 is 7.41. The first-order valence-electron chi connectivity index (χ1n) is 12.7. The Bertz CT molecular complexity index is 915. The van der Waals surface area contributed by atoms with Gasteiger partial charge in [0.2, 0.25) is 11.8 Å². The SMILES string of the molecule is COCCN(CC(=O)N(Cc1cccn1Cc1ccccc1)C(C)C)C(=O)CC(C)CC(C)(C)C. The molecule has 194 valence electrons. The lowest BCUT2D eigenvalue weighted by atomic mass is 9.84. The molecule has 1 atom stereocenters. The van der Waals surface area contributed by atoms with Crippen LogP contribution >= 0.6 is 0 Å². The van der Waals surface area contributed by atoms with Crippen LogP contribution in [0.5, 0.6) is 0 Å². The van der Waals surface area contributed by atoms with E-state index >= 15 is 0 Å². The molecule has 0 fully saturated rings. The van der Waals surface area contributed by atoms with Gasteiger partial charge in [0.05, 0.1) is 19.7 Å². The van der Waals surface area contributed by atoms with Crippen LogP contribution in [0.15, 0.2) is 48.7 Å². The molecule has 0 aliphatic rings. The predicted molar refractivity (Wildman–Crippen MR) is 142 cm³/mol. The first-order valence-corrected chi connectivity index (χ1v) is 12.7. The van der Waals surface area contributed by atoms with Crippen molar-refractivity contribution in [2.75, 3.05) is 26.8 Å². The molecule has 1 aromatic heterocycles. The molecule has 2 amide bonds. The maximum absolute atomic E-state index is 13.5. The molecule has 6 heteroatoms. The second kappa shape index (κ2) is 13.5. The molecule has 35 heavy (non-hydrogen) atoms. The molecule has 0 saturated carbocycles. The van der Waals surface area contributed by atoms with Gasteiger partial charge in [0.25, 0.3) is 0 Å². The van der Waals surface area contributed by atoms with E-state index in [9.17, 15) is 9.59 Å². The van der Waals surface area contributed by atoms with E-state index in [1.807, 2.05) is 43.0 Å². The maximum Gasteiger partial charge on any atom is 0.242 e. The quantitative estimate of drug-likeness (QED) is 0.393. The summed E-state index contributed by atoms with van der Waals surface area (Å²) in [7, 11) is 1.62. The Morgan fingerprint density at radius 2 is 1.69 bits per heavy atom. The highest BCUT2D eigenvalue weighted by Gasteiger charge is 2.26. The van der Waals surface area contributed by atoms with Gasteiger partial charge in [0.15, 0.2) is 0 Å². The van der Waals surface area contributed by atoms with E-state index in [0.29, 0.717) is 26.1 Å². The summed E-state index contributed by atoms with van der Waals surface area (Å²) in [4.78, 5) is 30.1. The van der Waals surface area contributed by atoms with Gasteiger partial charge in [-0.05, 0) is 49.3 Å². The number of ether oxygens (including phenoxy) is 1. The monoisotopic (exact) mass is 483 g/mol. The topological polar surface area (TPSA) is 54.8 Å². The van der Waals surface area contributed by atoms with Gasteiger partial charge in [-0.3, -0.25) is 9.59 Å². The van der Waals surface area contributed by atoms with Gasteiger partial charge in [-0.1, -0.05) is 58.0 Å². The van der Waals surface area contributed by atoms with Crippen molar-refractivity contribution in [3.05, 3.63) is 59.9 Å². The van der Waals surface area contributed by atoms with E-state index < -0.39 is 0 Å². The Balaban J connectivity index is 2.10. The summed E-state index contributed by atoms with van der Waals surface area (Å²) in [5.74, 6) is 0.230. The molecule has 0 aliphatic heterocycles. The van der Waals surface area contributed by atoms with E-state index in [1.54, 1.807) is 12.0 Å². The van der Waals surface area contributed by atoms with Gasteiger partial charge in [0, 0.05) is 44.6 Å². The van der Waals surface area contributed by atoms with Crippen LogP contribution in [0.3, 0.4) is 0 Å². The summed E-state index contributed by atoms with van der Waals surface area (Å²) >= 11 is 0. The third kappa shape index (κ3) is 9.88. The highest BCUT2D eigenvalue weighted by molar-refractivity contribution is 5.85. The molecule has 0 radical (unpaired) electrons. The van der Waals surface area contributed by atoms with Crippen LogP contribution in [0.4, 0.5) is 0 Å². The summed E-state index contributed by atoms with van der Waals surface area (Å²) in [6.07, 6.45) is 3.45. The maximum atomic E-state index is 13.5. The number of methoxy groups -OCH3 is 1. The zero-order valence-corrected chi connectivity index (χ0v) is 22.8. The second-order valence-electron chi connectivity index (χ2n) is 11.1. The third-order valence-corrected chi connectivity index (χ3v) is 6.12. The minimum absolute atomic E-state index is 0.0155. The molecule has 0 aliphatic carbocycles. The van der Waals surface area contributed by atoms with E-state index in [1.165, 1.54) is 5.56 Å². The van der Waals surface area contributed by atoms with Gasteiger partial charge in [-0.15, -0.1) is 0 Å². The number of carbonyl (C=O) groups excluding carboxylic acids is 2. The number of benzene rings is 1. The molecule has 1 aromatic carbocycles. The minimum atomic E-state index is -0.0413. The zero-order chi connectivity index (χ0) is 26.0. The molecule has 2 aromatic rings. The lowest BCUT2D eigenvalue weighted by Gasteiger charge is -2.31. The molecule has 1 unspecified atom stereocenters. The van der Waals surface area contributed by atoms with Crippen molar-refractivity contribution >= 4 is 11.8 Å². The number of rotatable bonds is 13. The number of hydrogen-bond acceptors (Lipinski definition) is 3. The molecule has 0 bridgehead atoms. The highest BCUT2D eigenvalue weighted by atomic mass is 16.5. The lowest BCUT2D eigenvalue weighted by Crippen LogP contribution is -2.46. The van der Waals surface area contributed by atoms with E-state index in [2.05, 4.69) is 56.7 Å². The summed E-state index contributed by atoms with van der Waals surface area (Å²) in [6, 6.07) is 14.4. The van der Waals surface area contributed by atoms with Gasteiger partial charge >= 0.3 is 0 Å². The van der Waals surface area contributed by atoms with Crippen LogP contribution in [0.25, 0.3) is 0 Å². The highest BCUT2D eigenvalue weighted by Crippen LogP contribution is 2.26. The van der Waals surface area contributed by atoms with Crippen LogP contribution in [-0.4, -0.2) is 59.0 Å². The number of hydrogen-bond donors (Lipinski definition) is 0. The summed E-state index contributed by atoms with van der Waals surface area (Å²) in [5, 5.41) is 0. The number of aromatic nitrogens is 1. The van der Waals surface area contributed by atoms with Crippen molar-refractivity contribution < 1.29 is 14.3 Å². The van der Waals surface area contributed by atoms with Gasteiger partial charge in [-0.2, -0.15) is 0 Å². The van der Waals surface area contributed by atoms with E-state index in [4.69, 9.17) is 4.74 Å². The molecular formula is C29H45N3O3. The Morgan fingerprint density at radius 3 is 2.29 bits per heavy atom. The van der Waals surface area contributed by atoms with Gasteiger partial charge in [-0.25, -0.2) is 0 Å². The first-order chi connectivity index (χ1) is 16.5. The number of amides is 2. The van der Waals surface area contributed by atoms with Crippen molar-refractivity contribution in [3.63, 3.8) is 0 Å². The number of carbonyl (C=O) groups is 2. The third-order valence-electron chi connectivity index (χ3n) is 6.12. The van der Waals surface area contributed by atoms with Crippen LogP contribution in [0.1, 0.15) is 65.6 Å². The normalized spacial score (nSPS) is 12.6. The molecular weight excluding hydrogens is 438 g/mol. The Kier molecular flexibility index (Phi) is 11.0. The van der Waals surface area contributed by atoms with E-state index in [0.717, 1.165) is 18.7 Å². The van der Waals surface area contributed by atoms with Crippen LogP contribution < -0.4 is 0 Å². The molecule has 1 heterocycles. The fourth-order valence-corrected chi connectivity index (χ4v) is 4.55. The fourth-order valence-electron chi connectivity index (χ4n) is 4.55. The van der Waals surface area contributed by atoms with Crippen LogP contribution in [0.2, 0.25) is 0 Å². The average molecular weight is 484 g/mol. The van der Waals surface area contributed by atoms with Crippen molar-refractivity contribution in [2.24, 2.45) is 11.3 Å². The standard InChI is InChI=1S/C29H45N3O3/c1-23(2)32(21-26-14-11-15-30(26)20-25-12-9-8-10-13-25)28(34)22-31(16-17-35-7)27(33)18-24(3)19-29(4,5)6/h8-15,23-24H,16-22H2,1-7H3. The average Bonchev–Trinajstić information content (AvgIpc) is 3.20. The Labute approximate surface area is 212 Å². The van der Waals surface area contributed by atoms with Crippen molar-refractivity contribution in [1.29, 1.82) is 0 Å². The number of nitrogens with zero attached hydrogens (tertiary/aromatic N) is 3. The van der Waals surface area contributed by atoms with Crippen molar-refractivity contribution in [3.8, 4) is 0 Å². The summed E-state index contributed by atoms with van der Waals surface area (Å²) in [6.45, 7) is 14.9. The summed E-state index contributed by atoms with van der Waals surface area (Å²) in [5.41, 5.74) is 2.45.